The van der Waals surface area contributed by atoms with Crippen LogP contribution in [0.1, 0.15) is 28.8 Å². The summed E-state index contributed by atoms with van der Waals surface area (Å²) < 4.78 is 6.51. The Morgan fingerprint density at radius 3 is 2.74 bits per heavy atom. The van der Waals surface area contributed by atoms with Crippen LogP contribution in [-0.2, 0) is 16.1 Å². The fourth-order valence-corrected chi connectivity index (χ4v) is 3.93. The second-order valence-electron chi connectivity index (χ2n) is 7.75. The van der Waals surface area contributed by atoms with E-state index in [1.54, 1.807) is 23.0 Å². The smallest absolute Gasteiger partial charge is 0.337 e. The summed E-state index contributed by atoms with van der Waals surface area (Å²) in [7, 11) is 1.38. The second-order valence-corrected chi connectivity index (χ2v) is 7.75. The maximum Gasteiger partial charge on any atom is 0.337 e. The number of hydrogen-bond acceptors (Lipinski definition) is 5. The van der Waals surface area contributed by atoms with Crippen LogP contribution < -0.4 is 5.32 Å². The first kappa shape index (κ1) is 20.8. The van der Waals surface area contributed by atoms with E-state index in [9.17, 15) is 9.59 Å². The first-order valence-electron chi connectivity index (χ1n) is 10.4. The molecule has 1 aliphatic heterocycles. The molecule has 1 fully saturated rings. The van der Waals surface area contributed by atoms with Gasteiger partial charge in [-0.25, -0.2) is 9.48 Å². The Bertz CT molecular complexity index is 1030. The fraction of sp³-hybridized carbons (Fsp3) is 0.292. The van der Waals surface area contributed by atoms with Gasteiger partial charge in [-0.15, -0.1) is 0 Å². The molecule has 1 atom stereocenters. The first-order chi connectivity index (χ1) is 15.1. The van der Waals surface area contributed by atoms with Gasteiger partial charge in [-0.05, 0) is 61.3 Å². The lowest BCUT2D eigenvalue weighted by molar-refractivity contribution is -0.121. The fourth-order valence-electron chi connectivity index (χ4n) is 3.93. The van der Waals surface area contributed by atoms with Gasteiger partial charge in [0.2, 0.25) is 5.91 Å². The summed E-state index contributed by atoms with van der Waals surface area (Å²) in [5.41, 5.74) is 3.33. The van der Waals surface area contributed by atoms with Gasteiger partial charge in [-0.2, -0.15) is 5.10 Å². The molecule has 0 radical (unpaired) electrons. The highest BCUT2D eigenvalue weighted by molar-refractivity contribution is 5.93. The lowest BCUT2D eigenvalue weighted by atomic mass is 9.96. The van der Waals surface area contributed by atoms with Crippen molar-refractivity contribution in [2.24, 2.45) is 5.92 Å². The number of anilines is 1. The van der Waals surface area contributed by atoms with Crippen molar-refractivity contribution in [1.82, 2.24) is 14.7 Å². The molecule has 31 heavy (non-hydrogen) atoms. The van der Waals surface area contributed by atoms with E-state index in [4.69, 9.17) is 4.74 Å². The summed E-state index contributed by atoms with van der Waals surface area (Å²) in [5.74, 6) is -0.349. The summed E-state index contributed by atoms with van der Waals surface area (Å²) >= 11 is 0. The van der Waals surface area contributed by atoms with E-state index in [-0.39, 0.29) is 17.8 Å². The van der Waals surface area contributed by atoms with Gasteiger partial charge in [0.05, 0.1) is 24.3 Å². The third-order valence-corrected chi connectivity index (χ3v) is 5.54. The number of ether oxygens (including phenoxy) is 1. The number of likely N-dealkylation sites (tertiary alicyclic amines) is 1. The summed E-state index contributed by atoms with van der Waals surface area (Å²) in [4.78, 5) is 26.8. The van der Waals surface area contributed by atoms with Crippen LogP contribution in [-0.4, -0.2) is 46.8 Å². The van der Waals surface area contributed by atoms with Crippen molar-refractivity contribution in [3.05, 3.63) is 78.1 Å². The number of methoxy groups -OCH3 is 1. The van der Waals surface area contributed by atoms with Crippen molar-refractivity contribution in [2.45, 2.75) is 19.4 Å². The number of nitrogens with zero attached hydrogens (tertiary/aromatic N) is 3. The molecule has 7 nitrogen and oxygen atoms in total. The van der Waals surface area contributed by atoms with Gasteiger partial charge in [0.1, 0.15) is 0 Å². The number of piperidine rings is 1. The number of carbonyl (C=O) groups is 2. The molecular weight excluding hydrogens is 392 g/mol. The zero-order valence-electron chi connectivity index (χ0n) is 17.5. The van der Waals surface area contributed by atoms with E-state index in [2.05, 4.69) is 15.3 Å². The van der Waals surface area contributed by atoms with Gasteiger partial charge in [-0.1, -0.05) is 18.2 Å². The number of aromatic nitrogens is 2. The molecule has 2 aromatic carbocycles. The van der Waals surface area contributed by atoms with E-state index in [0.29, 0.717) is 12.1 Å². The molecule has 1 amide bonds. The SMILES string of the molecule is COC(=O)c1ccc(CN2CCC[C@@H](C(=O)Nc3cccc(-n4cccn4)c3)C2)cc1. The van der Waals surface area contributed by atoms with Crippen LogP contribution in [0.2, 0.25) is 0 Å². The molecule has 0 aliphatic carbocycles. The Morgan fingerprint density at radius 1 is 1.16 bits per heavy atom. The Morgan fingerprint density at radius 2 is 2.00 bits per heavy atom. The third kappa shape index (κ3) is 5.19. The molecular formula is C24H26N4O3. The highest BCUT2D eigenvalue weighted by Gasteiger charge is 2.26. The minimum atomic E-state index is -0.335. The van der Waals surface area contributed by atoms with E-state index >= 15 is 0 Å². The van der Waals surface area contributed by atoms with E-state index in [1.807, 2.05) is 48.7 Å². The number of esters is 1. The molecule has 1 aromatic heterocycles. The van der Waals surface area contributed by atoms with E-state index in [0.717, 1.165) is 42.9 Å². The summed E-state index contributed by atoms with van der Waals surface area (Å²) in [6.07, 6.45) is 5.45. The van der Waals surface area contributed by atoms with E-state index < -0.39 is 0 Å². The largest absolute Gasteiger partial charge is 0.465 e. The molecule has 0 saturated carbocycles. The molecule has 160 valence electrons. The molecule has 4 rings (SSSR count). The van der Waals surface area contributed by atoms with Crippen LogP contribution >= 0.6 is 0 Å². The molecule has 3 aromatic rings. The second kappa shape index (κ2) is 9.57. The molecule has 0 bridgehead atoms. The third-order valence-electron chi connectivity index (χ3n) is 5.54. The lowest BCUT2D eigenvalue weighted by Crippen LogP contribution is -2.40. The van der Waals surface area contributed by atoms with Gasteiger partial charge in [0, 0.05) is 31.2 Å². The average Bonchev–Trinajstić information content (AvgIpc) is 3.34. The minimum absolute atomic E-state index is 0.0448. The van der Waals surface area contributed by atoms with Crippen molar-refractivity contribution < 1.29 is 14.3 Å². The maximum atomic E-state index is 12.9. The Hall–Kier alpha value is -3.45. The number of amides is 1. The predicted molar refractivity (Wildman–Crippen MR) is 118 cm³/mol. The number of hydrogen-bond donors (Lipinski definition) is 1. The Labute approximate surface area is 181 Å². The summed E-state index contributed by atoms with van der Waals surface area (Å²) in [6, 6.07) is 17.0. The van der Waals surface area contributed by atoms with Crippen LogP contribution in [0.25, 0.3) is 5.69 Å². The first-order valence-corrected chi connectivity index (χ1v) is 10.4. The minimum Gasteiger partial charge on any atom is -0.465 e. The van der Waals surface area contributed by atoms with Gasteiger partial charge in [-0.3, -0.25) is 9.69 Å². The van der Waals surface area contributed by atoms with Gasteiger partial charge in [0.25, 0.3) is 0 Å². The molecule has 0 unspecified atom stereocenters. The van der Waals surface area contributed by atoms with Gasteiger partial charge < -0.3 is 10.1 Å². The number of carbonyl (C=O) groups excluding carboxylic acids is 2. The zero-order valence-corrected chi connectivity index (χ0v) is 17.5. The van der Waals surface area contributed by atoms with Crippen molar-refractivity contribution in [2.75, 3.05) is 25.5 Å². The predicted octanol–water partition coefficient (Wildman–Crippen LogP) is 3.51. The topological polar surface area (TPSA) is 76.5 Å². The molecule has 1 aliphatic rings. The quantitative estimate of drug-likeness (QED) is 0.620. The van der Waals surface area contributed by atoms with Gasteiger partial charge >= 0.3 is 5.97 Å². The van der Waals surface area contributed by atoms with Crippen LogP contribution in [0, 0.1) is 5.92 Å². The Balaban J connectivity index is 1.35. The molecule has 7 heteroatoms. The maximum absolute atomic E-state index is 12.9. The molecule has 1 saturated heterocycles. The average molecular weight is 418 g/mol. The summed E-state index contributed by atoms with van der Waals surface area (Å²) in [5, 5.41) is 7.30. The number of nitrogens with one attached hydrogen (secondary N) is 1. The standard InChI is InChI=1S/C24H26N4O3/c1-31-24(30)19-10-8-18(9-11-19)16-27-13-3-5-20(17-27)23(29)26-21-6-2-7-22(15-21)28-14-4-12-25-28/h2,4,6-12,14-15,20H,3,5,13,16-17H2,1H3,(H,26,29)/t20-/m1/s1. The summed E-state index contributed by atoms with van der Waals surface area (Å²) in [6.45, 7) is 2.42. The van der Waals surface area contributed by atoms with Crippen LogP contribution in [0.5, 0.6) is 0 Å². The van der Waals surface area contributed by atoms with Crippen LogP contribution in [0.3, 0.4) is 0 Å². The molecule has 1 N–H and O–H groups in total. The van der Waals surface area contributed by atoms with Crippen molar-refractivity contribution in [3.63, 3.8) is 0 Å². The van der Waals surface area contributed by atoms with E-state index in [1.165, 1.54) is 7.11 Å². The van der Waals surface area contributed by atoms with Crippen molar-refractivity contribution >= 4 is 17.6 Å². The van der Waals surface area contributed by atoms with Crippen LogP contribution in [0.4, 0.5) is 5.69 Å². The number of rotatable bonds is 6. The van der Waals surface area contributed by atoms with Crippen molar-refractivity contribution in [3.8, 4) is 5.69 Å². The normalized spacial score (nSPS) is 16.6. The van der Waals surface area contributed by atoms with Crippen LogP contribution in [0.15, 0.2) is 67.0 Å². The zero-order chi connectivity index (χ0) is 21.6. The number of benzene rings is 2. The van der Waals surface area contributed by atoms with Crippen molar-refractivity contribution in [1.29, 1.82) is 0 Å². The highest BCUT2D eigenvalue weighted by Crippen LogP contribution is 2.22. The van der Waals surface area contributed by atoms with Gasteiger partial charge in [0.15, 0.2) is 0 Å². The molecule has 2 heterocycles. The lowest BCUT2D eigenvalue weighted by Gasteiger charge is -2.32. The monoisotopic (exact) mass is 418 g/mol. The Kier molecular flexibility index (Phi) is 6.43. The molecule has 0 spiro atoms. The highest BCUT2D eigenvalue weighted by atomic mass is 16.5.